The van der Waals surface area contributed by atoms with Crippen molar-refractivity contribution in [2.24, 2.45) is 10.9 Å². The number of nitrogens with zero attached hydrogens (tertiary/aromatic N) is 2. The Morgan fingerprint density at radius 2 is 2.05 bits per heavy atom. The van der Waals surface area contributed by atoms with Crippen LogP contribution in [0.15, 0.2) is 51.5 Å². The Bertz CT molecular complexity index is 634. The lowest BCUT2D eigenvalue weighted by Gasteiger charge is -2.06. The van der Waals surface area contributed by atoms with E-state index in [4.69, 9.17) is 34.1 Å². The van der Waals surface area contributed by atoms with E-state index in [1.165, 1.54) is 11.8 Å². The second-order valence-corrected chi connectivity index (χ2v) is 5.50. The Hall–Kier alpha value is -1.43. The zero-order chi connectivity index (χ0) is 13.8. The largest absolute Gasteiger partial charge is 0.409 e. The summed E-state index contributed by atoms with van der Waals surface area (Å²) in [6.45, 7) is 0. The van der Waals surface area contributed by atoms with Crippen LogP contribution in [0.3, 0.4) is 0 Å². The zero-order valence-corrected chi connectivity index (χ0v) is 11.9. The van der Waals surface area contributed by atoms with E-state index in [1.54, 1.807) is 36.5 Å². The van der Waals surface area contributed by atoms with E-state index < -0.39 is 0 Å². The van der Waals surface area contributed by atoms with Crippen LogP contribution in [0.25, 0.3) is 0 Å². The van der Waals surface area contributed by atoms with E-state index in [0.29, 0.717) is 15.7 Å². The highest BCUT2D eigenvalue weighted by atomic mass is 35.5. The summed E-state index contributed by atoms with van der Waals surface area (Å²) in [5.74, 6) is -0.0420. The van der Waals surface area contributed by atoms with Crippen molar-refractivity contribution < 1.29 is 5.21 Å². The SMILES string of the molecule is N/C(=N/O)c1cc(Sc2cc(Cl)ccc2Cl)ccn1. The fraction of sp³-hybridized carbons (Fsp3) is 0. The third-order valence-electron chi connectivity index (χ3n) is 2.22. The van der Waals surface area contributed by atoms with Gasteiger partial charge in [0.2, 0.25) is 0 Å². The van der Waals surface area contributed by atoms with Gasteiger partial charge in [-0.1, -0.05) is 40.1 Å². The van der Waals surface area contributed by atoms with Crippen molar-refractivity contribution in [2.75, 3.05) is 0 Å². The van der Waals surface area contributed by atoms with Crippen LogP contribution in [0.1, 0.15) is 5.69 Å². The molecule has 2 rings (SSSR count). The summed E-state index contributed by atoms with van der Waals surface area (Å²) in [6, 6.07) is 8.74. The van der Waals surface area contributed by atoms with Crippen molar-refractivity contribution in [3.05, 3.63) is 52.3 Å². The Morgan fingerprint density at radius 1 is 1.26 bits per heavy atom. The summed E-state index contributed by atoms with van der Waals surface area (Å²) in [7, 11) is 0. The highest BCUT2D eigenvalue weighted by molar-refractivity contribution is 7.99. The van der Waals surface area contributed by atoms with Gasteiger partial charge in [0.25, 0.3) is 0 Å². The van der Waals surface area contributed by atoms with Crippen LogP contribution < -0.4 is 5.73 Å². The molecule has 0 aliphatic carbocycles. The second kappa shape index (κ2) is 6.14. The first-order valence-electron chi connectivity index (χ1n) is 5.17. The van der Waals surface area contributed by atoms with Crippen molar-refractivity contribution in [3.8, 4) is 0 Å². The molecule has 0 aliphatic heterocycles. The lowest BCUT2D eigenvalue weighted by atomic mass is 10.3. The van der Waals surface area contributed by atoms with Crippen molar-refractivity contribution in [3.63, 3.8) is 0 Å². The van der Waals surface area contributed by atoms with Crippen LogP contribution in [0.4, 0.5) is 0 Å². The molecule has 0 aliphatic rings. The summed E-state index contributed by atoms with van der Waals surface area (Å²) in [5, 5.41) is 12.8. The van der Waals surface area contributed by atoms with E-state index in [-0.39, 0.29) is 5.84 Å². The van der Waals surface area contributed by atoms with Crippen LogP contribution in [-0.2, 0) is 0 Å². The molecule has 19 heavy (non-hydrogen) atoms. The van der Waals surface area contributed by atoms with Gasteiger partial charge in [0, 0.05) is 21.0 Å². The number of nitrogens with two attached hydrogens (primary N) is 1. The number of pyridine rings is 1. The monoisotopic (exact) mass is 313 g/mol. The van der Waals surface area contributed by atoms with E-state index in [1.807, 2.05) is 0 Å². The Kier molecular flexibility index (Phi) is 4.52. The number of hydrogen-bond acceptors (Lipinski definition) is 4. The highest BCUT2D eigenvalue weighted by Crippen LogP contribution is 2.34. The number of hydrogen-bond donors (Lipinski definition) is 2. The molecule has 0 saturated heterocycles. The van der Waals surface area contributed by atoms with E-state index in [0.717, 1.165) is 9.79 Å². The average Bonchev–Trinajstić information content (AvgIpc) is 2.42. The molecule has 1 aromatic heterocycles. The Balaban J connectivity index is 2.31. The van der Waals surface area contributed by atoms with Crippen LogP contribution >= 0.6 is 35.0 Å². The van der Waals surface area contributed by atoms with Gasteiger partial charge in [0.05, 0.1) is 5.02 Å². The maximum absolute atomic E-state index is 8.63. The predicted molar refractivity (Wildman–Crippen MR) is 77.3 cm³/mol. The predicted octanol–water partition coefficient (Wildman–Crippen LogP) is 3.63. The third-order valence-corrected chi connectivity index (χ3v) is 3.95. The molecule has 0 unspecified atom stereocenters. The minimum Gasteiger partial charge on any atom is -0.409 e. The van der Waals surface area contributed by atoms with Gasteiger partial charge in [-0.25, -0.2) is 0 Å². The second-order valence-electron chi connectivity index (χ2n) is 3.54. The molecular formula is C12H9Cl2N3OS. The maximum atomic E-state index is 8.63. The number of rotatable bonds is 3. The fourth-order valence-electron chi connectivity index (χ4n) is 1.35. The first kappa shape index (κ1) is 14.0. The smallest absolute Gasteiger partial charge is 0.188 e. The molecule has 4 nitrogen and oxygen atoms in total. The molecule has 7 heteroatoms. The van der Waals surface area contributed by atoms with Gasteiger partial charge in [0.1, 0.15) is 5.69 Å². The normalized spacial score (nSPS) is 11.6. The van der Waals surface area contributed by atoms with Crippen LogP contribution in [0.5, 0.6) is 0 Å². The Morgan fingerprint density at radius 3 is 2.79 bits per heavy atom. The van der Waals surface area contributed by atoms with Gasteiger partial charge in [-0.15, -0.1) is 0 Å². The van der Waals surface area contributed by atoms with E-state index >= 15 is 0 Å². The minimum atomic E-state index is -0.0420. The van der Waals surface area contributed by atoms with Crippen molar-refractivity contribution in [2.45, 2.75) is 9.79 Å². The molecule has 3 N–H and O–H groups in total. The molecule has 0 spiro atoms. The number of benzene rings is 1. The first-order valence-corrected chi connectivity index (χ1v) is 6.74. The summed E-state index contributed by atoms with van der Waals surface area (Å²) in [4.78, 5) is 5.69. The molecule has 1 aromatic carbocycles. The quantitative estimate of drug-likeness (QED) is 0.393. The topological polar surface area (TPSA) is 71.5 Å². The summed E-state index contributed by atoms with van der Waals surface area (Å²) in [5.41, 5.74) is 5.89. The zero-order valence-electron chi connectivity index (χ0n) is 9.55. The van der Waals surface area contributed by atoms with Gasteiger partial charge in [0.15, 0.2) is 5.84 Å². The number of oxime groups is 1. The number of halogens is 2. The minimum absolute atomic E-state index is 0.0420. The lowest BCUT2D eigenvalue weighted by molar-refractivity contribution is 0.318. The lowest BCUT2D eigenvalue weighted by Crippen LogP contribution is -2.14. The maximum Gasteiger partial charge on any atom is 0.188 e. The summed E-state index contributed by atoms with van der Waals surface area (Å²) < 4.78 is 0. The number of aromatic nitrogens is 1. The van der Waals surface area contributed by atoms with Crippen molar-refractivity contribution in [1.29, 1.82) is 0 Å². The van der Waals surface area contributed by atoms with Gasteiger partial charge in [-0.05, 0) is 30.3 Å². The fourth-order valence-corrected chi connectivity index (χ4v) is 2.72. The first-order chi connectivity index (χ1) is 9.10. The van der Waals surface area contributed by atoms with E-state index in [2.05, 4.69) is 10.1 Å². The molecule has 1 heterocycles. The standard InChI is InChI=1S/C12H9Cl2N3OS/c13-7-1-2-9(14)11(5-7)19-8-3-4-16-10(6-8)12(15)17-18/h1-6,18H,(H2,15,17). The van der Waals surface area contributed by atoms with Gasteiger partial charge in [-0.3, -0.25) is 4.98 Å². The summed E-state index contributed by atoms with van der Waals surface area (Å²) >= 11 is 13.4. The molecule has 0 bridgehead atoms. The highest BCUT2D eigenvalue weighted by Gasteiger charge is 2.07. The van der Waals surface area contributed by atoms with Crippen molar-refractivity contribution in [1.82, 2.24) is 4.98 Å². The molecule has 0 amide bonds. The molecule has 98 valence electrons. The molecule has 0 radical (unpaired) electrons. The number of amidine groups is 1. The third kappa shape index (κ3) is 3.53. The summed E-state index contributed by atoms with van der Waals surface area (Å²) in [6.07, 6.45) is 1.58. The molecule has 2 aromatic rings. The van der Waals surface area contributed by atoms with Crippen LogP contribution in [0.2, 0.25) is 10.0 Å². The molecule has 0 atom stereocenters. The Labute approximate surface area is 124 Å². The van der Waals surface area contributed by atoms with Crippen molar-refractivity contribution >= 4 is 40.8 Å². The molecular weight excluding hydrogens is 305 g/mol. The van der Waals surface area contributed by atoms with E-state index in [9.17, 15) is 0 Å². The van der Waals surface area contributed by atoms with Crippen LogP contribution in [-0.4, -0.2) is 16.0 Å². The van der Waals surface area contributed by atoms with Gasteiger partial charge < -0.3 is 10.9 Å². The molecule has 0 saturated carbocycles. The van der Waals surface area contributed by atoms with Crippen LogP contribution in [0, 0.1) is 0 Å². The average molecular weight is 314 g/mol. The van der Waals surface area contributed by atoms with Gasteiger partial charge >= 0.3 is 0 Å². The molecule has 0 fully saturated rings. The van der Waals surface area contributed by atoms with Gasteiger partial charge in [-0.2, -0.15) is 0 Å².